The SMILES string of the molecule is CC.CC=N/C=C(\CC)NC(=O)Cn1cc2c(n1)N(C)c1ccc(Cl)cc1N(c1ccccc1)C2=O. The van der Waals surface area contributed by atoms with Crippen molar-refractivity contribution < 1.29 is 9.59 Å². The van der Waals surface area contributed by atoms with E-state index in [9.17, 15) is 9.59 Å². The van der Waals surface area contributed by atoms with Gasteiger partial charge in [0.05, 0.1) is 11.4 Å². The lowest BCUT2D eigenvalue weighted by molar-refractivity contribution is -0.121. The number of para-hydroxylation sites is 1. The van der Waals surface area contributed by atoms with Gasteiger partial charge in [-0.25, -0.2) is 0 Å². The van der Waals surface area contributed by atoms with Crippen LogP contribution in [0.2, 0.25) is 5.02 Å². The van der Waals surface area contributed by atoms with E-state index in [0.717, 1.165) is 5.69 Å². The quantitative estimate of drug-likeness (QED) is 0.410. The van der Waals surface area contributed by atoms with Crippen LogP contribution in [0.1, 0.15) is 44.5 Å². The fraction of sp³-hybridized carbons (Fsp3) is 0.259. The number of benzene rings is 2. The number of hydrogen-bond donors (Lipinski definition) is 1. The summed E-state index contributed by atoms with van der Waals surface area (Å²) in [5.41, 5.74) is 3.21. The molecule has 2 aromatic carbocycles. The zero-order chi connectivity index (χ0) is 26.2. The number of hydrogen-bond acceptors (Lipinski definition) is 5. The largest absolute Gasteiger partial charge is 0.327 e. The Balaban J connectivity index is 0.00000176. The van der Waals surface area contributed by atoms with Gasteiger partial charge in [-0.15, -0.1) is 0 Å². The third-order valence-corrected chi connectivity index (χ3v) is 5.65. The van der Waals surface area contributed by atoms with Gasteiger partial charge in [0.25, 0.3) is 5.91 Å². The predicted octanol–water partition coefficient (Wildman–Crippen LogP) is 6.08. The summed E-state index contributed by atoms with van der Waals surface area (Å²) >= 11 is 6.30. The van der Waals surface area contributed by atoms with Crippen LogP contribution in [-0.4, -0.2) is 34.9 Å². The fourth-order valence-corrected chi connectivity index (χ4v) is 3.94. The summed E-state index contributed by atoms with van der Waals surface area (Å²) in [6, 6.07) is 14.8. The molecule has 0 bridgehead atoms. The summed E-state index contributed by atoms with van der Waals surface area (Å²) in [6.07, 6.45) is 5.51. The molecule has 0 unspecified atom stereocenters. The first-order chi connectivity index (χ1) is 17.4. The number of aliphatic imine (C=N–C) groups is 1. The number of aromatic nitrogens is 2. The Hall–Kier alpha value is -3.91. The maximum absolute atomic E-state index is 13.8. The summed E-state index contributed by atoms with van der Waals surface area (Å²) in [5.74, 6) is -0.0481. The monoisotopic (exact) mass is 506 g/mol. The molecule has 0 radical (unpaired) electrons. The number of nitrogens with zero attached hydrogens (tertiary/aromatic N) is 5. The molecule has 188 valence electrons. The molecule has 1 aromatic heterocycles. The maximum atomic E-state index is 13.8. The van der Waals surface area contributed by atoms with E-state index in [2.05, 4.69) is 15.4 Å². The average molecular weight is 507 g/mol. The molecule has 3 aromatic rings. The molecule has 2 heterocycles. The van der Waals surface area contributed by atoms with Crippen molar-refractivity contribution in [3.05, 3.63) is 77.2 Å². The summed E-state index contributed by atoms with van der Waals surface area (Å²) in [6.45, 7) is 7.70. The molecule has 4 rings (SSSR count). The molecular formula is C27H31ClN6O2. The van der Waals surface area contributed by atoms with Crippen molar-refractivity contribution in [2.45, 2.75) is 40.7 Å². The lowest BCUT2D eigenvalue weighted by Crippen LogP contribution is -2.27. The number of carbonyl (C=O) groups excluding carboxylic acids is 2. The van der Waals surface area contributed by atoms with E-state index in [-0.39, 0.29) is 18.4 Å². The molecule has 0 spiro atoms. The Morgan fingerprint density at radius 3 is 2.53 bits per heavy atom. The molecule has 1 N–H and O–H groups in total. The van der Waals surface area contributed by atoms with E-state index in [4.69, 9.17) is 11.6 Å². The predicted molar refractivity (Wildman–Crippen MR) is 147 cm³/mol. The van der Waals surface area contributed by atoms with Crippen LogP contribution in [0, 0.1) is 0 Å². The minimum absolute atomic E-state index is 0.0416. The first kappa shape index (κ1) is 26.7. The number of amides is 2. The third kappa shape index (κ3) is 5.66. The number of carbonyl (C=O) groups is 2. The Morgan fingerprint density at radius 2 is 1.86 bits per heavy atom. The topological polar surface area (TPSA) is 82.8 Å². The van der Waals surface area contributed by atoms with Crippen LogP contribution in [0.5, 0.6) is 0 Å². The number of halogens is 1. The van der Waals surface area contributed by atoms with Crippen molar-refractivity contribution in [1.29, 1.82) is 0 Å². The van der Waals surface area contributed by atoms with Crippen molar-refractivity contribution in [3.63, 3.8) is 0 Å². The van der Waals surface area contributed by atoms with Gasteiger partial charge >= 0.3 is 0 Å². The molecule has 9 heteroatoms. The normalized spacial score (nSPS) is 13.1. The second kappa shape index (κ2) is 12.2. The van der Waals surface area contributed by atoms with E-state index >= 15 is 0 Å². The molecule has 0 fully saturated rings. The molecule has 36 heavy (non-hydrogen) atoms. The Morgan fingerprint density at radius 1 is 1.14 bits per heavy atom. The van der Waals surface area contributed by atoms with E-state index < -0.39 is 0 Å². The van der Waals surface area contributed by atoms with Crippen LogP contribution >= 0.6 is 11.6 Å². The molecule has 0 aliphatic carbocycles. The van der Waals surface area contributed by atoms with Gasteiger partial charge in [-0.2, -0.15) is 5.10 Å². The van der Waals surface area contributed by atoms with Gasteiger partial charge in [0, 0.05) is 42.1 Å². The number of anilines is 4. The van der Waals surface area contributed by atoms with Gasteiger partial charge < -0.3 is 10.2 Å². The van der Waals surface area contributed by atoms with Gasteiger partial charge in [0.15, 0.2) is 5.82 Å². The highest BCUT2D eigenvalue weighted by atomic mass is 35.5. The lowest BCUT2D eigenvalue weighted by atomic mass is 10.2. The van der Waals surface area contributed by atoms with Gasteiger partial charge in [0.1, 0.15) is 12.1 Å². The van der Waals surface area contributed by atoms with Gasteiger partial charge in [-0.1, -0.05) is 50.6 Å². The maximum Gasteiger partial charge on any atom is 0.268 e. The van der Waals surface area contributed by atoms with Crippen LogP contribution in [-0.2, 0) is 11.3 Å². The van der Waals surface area contributed by atoms with Crippen molar-refractivity contribution in [2.24, 2.45) is 4.99 Å². The summed E-state index contributed by atoms with van der Waals surface area (Å²) in [7, 11) is 1.84. The van der Waals surface area contributed by atoms with Crippen LogP contribution in [0.4, 0.5) is 22.9 Å². The zero-order valence-electron chi connectivity index (χ0n) is 21.2. The number of rotatable bonds is 6. The van der Waals surface area contributed by atoms with Crippen molar-refractivity contribution in [2.75, 3.05) is 16.8 Å². The van der Waals surface area contributed by atoms with E-state index in [1.165, 1.54) is 4.68 Å². The highest BCUT2D eigenvalue weighted by Gasteiger charge is 2.33. The molecule has 2 amide bonds. The van der Waals surface area contributed by atoms with E-state index in [1.807, 2.05) is 69.1 Å². The van der Waals surface area contributed by atoms with Crippen molar-refractivity contribution >= 4 is 52.5 Å². The second-order valence-electron chi connectivity index (χ2n) is 7.70. The minimum atomic E-state index is -0.257. The van der Waals surface area contributed by atoms with E-state index in [0.29, 0.717) is 39.9 Å². The fourth-order valence-electron chi connectivity index (χ4n) is 3.77. The van der Waals surface area contributed by atoms with Gasteiger partial charge in [-0.3, -0.25) is 24.2 Å². The average Bonchev–Trinajstić information content (AvgIpc) is 3.29. The Kier molecular flexibility index (Phi) is 9.02. The van der Waals surface area contributed by atoms with E-state index in [1.54, 1.807) is 42.6 Å². The second-order valence-corrected chi connectivity index (χ2v) is 8.13. The van der Waals surface area contributed by atoms with Crippen LogP contribution in [0.25, 0.3) is 0 Å². The van der Waals surface area contributed by atoms with Crippen LogP contribution in [0.3, 0.4) is 0 Å². The highest BCUT2D eigenvalue weighted by molar-refractivity contribution is 6.31. The van der Waals surface area contributed by atoms with Gasteiger partial charge in [0.2, 0.25) is 5.91 Å². The molecule has 1 aliphatic rings. The smallest absolute Gasteiger partial charge is 0.268 e. The number of allylic oxidation sites excluding steroid dienone is 1. The summed E-state index contributed by atoms with van der Waals surface area (Å²) in [4.78, 5) is 33.9. The zero-order valence-corrected chi connectivity index (χ0v) is 22.0. The standard InChI is InChI=1S/C25H25ClN6O2.C2H6/c1-4-18(14-27-5-2)28-23(33)16-31-15-20-24(29-31)30(3)21-12-11-17(26)13-22(21)32(25(20)34)19-9-7-6-8-10-19;1-2/h5-15H,4,16H2,1-3H3,(H,28,33);1-2H3/b18-14+,27-5?;. The Bertz CT molecular complexity index is 1280. The molecule has 0 atom stereocenters. The van der Waals surface area contributed by atoms with Gasteiger partial charge in [-0.05, 0) is 43.7 Å². The lowest BCUT2D eigenvalue weighted by Gasteiger charge is -2.25. The van der Waals surface area contributed by atoms with Crippen LogP contribution < -0.4 is 15.1 Å². The summed E-state index contributed by atoms with van der Waals surface area (Å²) in [5, 5.41) is 7.95. The highest BCUT2D eigenvalue weighted by Crippen LogP contribution is 2.43. The first-order valence-electron chi connectivity index (χ1n) is 11.9. The molecule has 0 saturated heterocycles. The Labute approximate surface area is 216 Å². The van der Waals surface area contributed by atoms with Crippen LogP contribution in [0.15, 0.2) is 71.6 Å². The van der Waals surface area contributed by atoms with Crippen molar-refractivity contribution in [3.8, 4) is 0 Å². The van der Waals surface area contributed by atoms with Crippen molar-refractivity contribution in [1.82, 2.24) is 15.1 Å². The molecule has 0 saturated carbocycles. The molecule has 1 aliphatic heterocycles. The number of nitrogens with one attached hydrogen (secondary N) is 1. The third-order valence-electron chi connectivity index (χ3n) is 5.41. The molecular weight excluding hydrogens is 476 g/mol. The summed E-state index contributed by atoms with van der Waals surface area (Å²) < 4.78 is 1.48. The first-order valence-corrected chi connectivity index (χ1v) is 12.3. The molecule has 8 nitrogen and oxygen atoms in total. The minimum Gasteiger partial charge on any atom is -0.327 e. The number of fused-ring (bicyclic) bond motifs is 2.